The van der Waals surface area contributed by atoms with E-state index in [0.29, 0.717) is 6.04 Å². The second-order valence-corrected chi connectivity index (χ2v) is 9.75. The third kappa shape index (κ3) is 4.77. The molecular formula is C31H34BrN3O. The smallest absolute Gasteiger partial charge is 0.253 e. The highest BCUT2D eigenvalue weighted by Gasteiger charge is 2.51. The quantitative estimate of drug-likeness (QED) is 0.340. The number of aromatic nitrogens is 2. The fraction of sp³-hybridized carbons (Fsp3) is 0.290. The average Bonchev–Trinajstić information content (AvgIpc) is 3.52. The summed E-state index contributed by atoms with van der Waals surface area (Å²) < 4.78 is 4.75. The van der Waals surface area contributed by atoms with Gasteiger partial charge in [0.05, 0.1) is 6.54 Å². The first-order valence-corrected chi connectivity index (χ1v) is 12.6. The Morgan fingerprint density at radius 2 is 1.47 bits per heavy atom. The Labute approximate surface area is 224 Å². The molecule has 0 unspecified atom stereocenters. The molecule has 1 saturated carbocycles. The molecule has 1 aliphatic carbocycles. The van der Waals surface area contributed by atoms with E-state index in [9.17, 15) is 4.79 Å². The van der Waals surface area contributed by atoms with E-state index < -0.39 is 5.41 Å². The maximum absolute atomic E-state index is 13.4. The predicted octanol–water partition coefficient (Wildman–Crippen LogP) is 2.14. The molecule has 1 heterocycles. The average molecular weight is 545 g/mol. The molecule has 1 amide bonds. The molecule has 1 aromatic heterocycles. The lowest BCUT2D eigenvalue weighted by atomic mass is 9.64. The van der Waals surface area contributed by atoms with Gasteiger partial charge in [-0.05, 0) is 41.9 Å². The molecule has 1 fully saturated rings. The number of carbonyl (C=O) groups is 1. The molecule has 0 bridgehead atoms. The van der Waals surface area contributed by atoms with Gasteiger partial charge in [0, 0.05) is 13.3 Å². The van der Waals surface area contributed by atoms with Crippen LogP contribution in [0.1, 0.15) is 47.8 Å². The van der Waals surface area contributed by atoms with Crippen LogP contribution in [0.25, 0.3) is 0 Å². The van der Waals surface area contributed by atoms with Crippen LogP contribution >= 0.6 is 0 Å². The highest BCUT2D eigenvalue weighted by molar-refractivity contribution is 5.91. The maximum Gasteiger partial charge on any atom is 0.253 e. The molecule has 0 radical (unpaired) electrons. The zero-order valence-corrected chi connectivity index (χ0v) is 22.3. The van der Waals surface area contributed by atoms with Gasteiger partial charge in [-0.3, -0.25) is 4.79 Å². The van der Waals surface area contributed by atoms with Crippen LogP contribution in [0, 0.1) is 12.8 Å². The fourth-order valence-corrected chi connectivity index (χ4v) is 6.16. The van der Waals surface area contributed by atoms with Gasteiger partial charge >= 0.3 is 0 Å². The number of amides is 1. The molecule has 4 aromatic rings. The van der Waals surface area contributed by atoms with E-state index in [1.54, 1.807) is 0 Å². The van der Waals surface area contributed by atoms with Gasteiger partial charge in [0.1, 0.15) is 23.9 Å². The van der Waals surface area contributed by atoms with Crippen molar-refractivity contribution in [3.05, 3.63) is 126 Å². The molecule has 0 spiro atoms. The highest BCUT2D eigenvalue weighted by atomic mass is 79.9. The zero-order chi connectivity index (χ0) is 24.3. The SMILES string of the molecule is Cc1n(CCc2ccccc2)cc[n+]1[C@H]1CC[C@@H](C(C(N)=O)(c2ccccc2)c2ccccc2)C1.[Br-]. The van der Waals surface area contributed by atoms with Gasteiger partial charge in [-0.1, -0.05) is 91.0 Å². The third-order valence-corrected chi connectivity index (χ3v) is 7.94. The summed E-state index contributed by atoms with van der Waals surface area (Å²) in [4.78, 5) is 13.4. The number of hydrogen-bond donors (Lipinski definition) is 1. The van der Waals surface area contributed by atoms with Gasteiger partial charge < -0.3 is 22.7 Å². The summed E-state index contributed by atoms with van der Waals surface area (Å²) in [5, 5.41) is 0. The zero-order valence-electron chi connectivity index (χ0n) is 20.8. The van der Waals surface area contributed by atoms with E-state index in [-0.39, 0.29) is 28.8 Å². The Hall–Kier alpha value is -3.18. The number of benzene rings is 3. The van der Waals surface area contributed by atoms with Crippen LogP contribution in [0.2, 0.25) is 0 Å². The Morgan fingerprint density at radius 1 is 0.917 bits per heavy atom. The first-order chi connectivity index (χ1) is 17.1. The van der Waals surface area contributed by atoms with Gasteiger partial charge in [0.2, 0.25) is 5.91 Å². The van der Waals surface area contributed by atoms with Crippen LogP contribution in [0.4, 0.5) is 0 Å². The molecule has 1 aliphatic rings. The molecule has 0 saturated heterocycles. The van der Waals surface area contributed by atoms with Gasteiger partial charge in [-0.25, -0.2) is 9.13 Å². The molecule has 186 valence electrons. The van der Waals surface area contributed by atoms with Crippen LogP contribution in [0.5, 0.6) is 0 Å². The first-order valence-electron chi connectivity index (χ1n) is 12.6. The van der Waals surface area contributed by atoms with Crippen molar-refractivity contribution < 1.29 is 26.3 Å². The molecule has 0 aliphatic heterocycles. The summed E-state index contributed by atoms with van der Waals surface area (Å²) in [6, 6.07) is 31.2. The summed E-state index contributed by atoms with van der Waals surface area (Å²) in [7, 11) is 0. The minimum Gasteiger partial charge on any atom is -1.00 e. The number of halogens is 1. The van der Waals surface area contributed by atoms with E-state index in [2.05, 4.69) is 83.0 Å². The van der Waals surface area contributed by atoms with Crippen LogP contribution in [0.15, 0.2) is 103 Å². The Bertz CT molecular complexity index is 1230. The van der Waals surface area contributed by atoms with Crippen LogP contribution in [-0.4, -0.2) is 10.5 Å². The van der Waals surface area contributed by atoms with E-state index in [4.69, 9.17) is 5.73 Å². The van der Waals surface area contributed by atoms with Crippen molar-refractivity contribution in [2.75, 3.05) is 0 Å². The Balaban J connectivity index is 0.00000304. The molecule has 2 N–H and O–H groups in total. The number of rotatable bonds is 8. The molecule has 2 atom stereocenters. The Morgan fingerprint density at radius 3 is 2.03 bits per heavy atom. The minimum atomic E-state index is -0.832. The van der Waals surface area contributed by atoms with E-state index >= 15 is 0 Å². The molecule has 5 heteroatoms. The number of carbonyl (C=O) groups excluding carboxylic acids is 1. The van der Waals surface area contributed by atoms with Crippen molar-refractivity contribution >= 4 is 5.91 Å². The number of imidazole rings is 1. The first kappa shape index (κ1) is 25.9. The van der Waals surface area contributed by atoms with Gasteiger partial charge in [-0.2, -0.15) is 0 Å². The normalized spacial score (nSPS) is 17.5. The minimum absolute atomic E-state index is 0. The molecular weight excluding hydrogens is 510 g/mol. The topological polar surface area (TPSA) is 51.9 Å². The van der Waals surface area contributed by atoms with Crippen molar-refractivity contribution in [3.8, 4) is 0 Å². The highest BCUT2D eigenvalue weighted by Crippen LogP contribution is 2.48. The van der Waals surface area contributed by atoms with Crippen molar-refractivity contribution in [2.45, 2.75) is 50.6 Å². The van der Waals surface area contributed by atoms with Crippen LogP contribution in [-0.2, 0) is 23.2 Å². The third-order valence-electron chi connectivity index (χ3n) is 7.94. The van der Waals surface area contributed by atoms with Crippen LogP contribution in [0.3, 0.4) is 0 Å². The number of aryl methyl sites for hydroxylation is 2. The van der Waals surface area contributed by atoms with Gasteiger partial charge in [-0.15, -0.1) is 0 Å². The summed E-state index contributed by atoms with van der Waals surface area (Å²) in [6.45, 7) is 3.16. The second kappa shape index (κ2) is 11.3. The number of hydrogen-bond acceptors (Lipinski definition) is 1. The lowest BCUT2D eigenvalue weighted by molar-refractivity contribution is -0.727. The van der Waals surface area contributed by atoms with Crippen molar-refractivity contribution in [1.29, 1.82) is 0 Å². The summed E-state index contributed by atoms with van der Waals surface area (Å²) in [5.74, 6) is 1.13. The fourth-order valence-electron chi connectivity index (χ4n) is 6.16. The lowest BCUT2D eigenvalue weighted by Crippen LogP contribution is -3.00. The van der Waals surface area contributed by atoms with E-state index in [1.807, 2.05) is 36.4 Å². The van der Waals surface area contributed by atoms with Crippen molar-refractivity contribution in [3.63, 3.8) is 0 Å². The summed E-state index contributed by atoms with van der Waals surface area (Å²) in [6.07, 6.45) is 8.33. The monoisotopic (exact) mass is 543 g/mol. The molecule has 3 aromatic carbocycles. The lowest BCUT2D eigenvalue weighted by Gasteiger charge is -2.37. The molecule has 5 rings (SSSR count). The van der Waals surface area contributed by atoms with Crippen LogP contribution < -0.4 is 27.3 Å². The summed E-state index contributed by atoms with van der Waals surface area (Å²) in [5.41, 5.74) is 8.78. The largest absolute Gasteiger partial charge is 1.00 e. The number of primary amides is 1. The second-order valence-electron chi connectivity index (χ2n) is 9.75. The van der Waals surface area contributed by atoms with E-state index in [0.717, 1.165) is 43.4 Å². The molecule has 4 nitrogen and oxygen atoms in total. The number of nitrogens with two attached hydrogens (primary N) is 1. The molecule has 36 heavy (non-hydrogen) atoms. The van der Waals surface area contributed by atoms with Gasteiger partial charge in [0.25, 0.3) is 5.82 Å². The predicted molar refractivity (Wildman–Crippen MR) is 139 cm³/mol. The standard InChI is InChI=1S/C31H33N3O.BrH/c1-24-33(20-19-25-11-5-2-6-12-25)21-22-34(24)29-18-17-28(23-29)31(30(32)35,26-13-7-3-8-14-26)27-15-9-4-10-16-27;/h2-16,21-22,28-29H,17-20,23H2,1H3,(H-,32,35);1H/t28-,29+;/m1./s1. The van der Waals surface area contributed by atoms with Crippen molar-refractivity contribution in [1.82, 2.24) is 4.57 Å². The maximum atomic E-state index is 13.4. The number of nitrogens with zero attached hydrogens (tertiary/aromatic N) is 2. The van der Waals surface area contributed by atoms with E-state index in [1.165, 1.54) is 11.4 Å². The van der Waals surface area contributed by atoms with Crippen molar-refractivity contribution in [2.24, 2.45) is 11.7 Å². The van der Waals surface area contributed by atoms with Gasteiger partial charge in [0.15, 0.2) is 0 Å². The Kier molecular flexibility index (Phi) is 8.10. The summed E-state index contributed by atoms with van der Waals surface area (Å²) >= 11 is 0.